The normalized spacial score (nSPS) is 21.0. The molecule has 1 spiro atoms. The Morgan fingerprint density at radius 2 is 2.00 bits per heavy atom. The molecule has 1 aromatic carbocycles. The van der Waals surface area contributed by atoms with E-state index in [1.807, 2.05) is 23.6 Å². The van der Waals surface area contributed by atoms with Crippen LogP contribution in [0.4, 0.5) is 18.9 Å². The zero-order valence-corrected chi connectivity index (χ0v) is 18.3. The molecule has 1 amide bonds. The van der Waals surface area contributed by atoms with E-state index < -0.39 is 11.7 Å². The highest BCUT2D eigenvalue weighted by Gasteiger charge is 2.48. The fourth-order valence-electron chi connectivity index (χ4n) is 4.97. The van der Waals surface area contributed by atoms with Crippen molar-refractivity contribution in [1.82, 2.24) is 4.90 Å². The molecule has 0 saturated carbocycles. The predicted octanol–water partition coefficient (Wildman–Crippen LogP) is 4.31. The number of piperidine rings is 1. The Balaban J connectivity index is 1.80. The molecule has 0 bridgehead atoms. The number of ether oxygens (including phenoxy) is 1. The van der Waals surface area contributed by atoms with E-state index in [0.717, 1.165) is 18.9 Å². The first-order chi connectivity index (χ1) is 14.6. The number of hydrogen-bond donors (Lipinski definition) is 0. The summed E-state index contributed by atoms with van der Waals surface area (Å²) in [6.45, 7) is 7.13. The van der Waals surface area contributed by atoms with E-state index in [1.165, 1.54) is 6.07 Å². The van der Waals surface area contributed by atoms with Crippen molar-refractivity contribution in [1.29, 1.82) is 5.26 Å². The van der Waals surface area contributed by atoms with Gasteiger partial charge in [-0.05, 0) is 42.4 Å². The third-order valence-corrected chi connectivity index (χ3v) is 6.67. The summed E-state index contributed by atoms with van der Waals surface area (Å²) in [5.41, 5.74) is -0.888. The maximum atomic E-state index is 13.4. The lowest BCUT2D eigenvalue weighted by Crippen LogP contribution is -2.47. The molecule has 170 valence electrons. The van der Waals surface area contributed by atoms with Crippen LogP contribution in [0, 0.1) is 28.6 Å². The molecule has 1 atom stereocenters. The van der Waals surface area contributed by atoms with Crippen molar-refractivity contribution >= 4 is 11.6 Å². The van der Waals surface area contributed by atoms with Gasteiger partial charge in [0.1, 0.15) is 0 Å². The van der Waals surface area contributed by atoms with Crippen LogP contribution in [0.25, 0.3) is 0 Å². The maximum Gasteiger partial charge on any atom is 0.417 e. The quantitative estimate of drug-likeness (QED) is 0.689. The lowest BCUT2D eigenvalue weighted by molar-refractivity contribution is -0.138. The first-order valence-corrected chi connectivity index (χ1v) is 10.7. The van der Waals surface area contributed by atoms with Crippen LogP contribution in [-0.2, 0) is 15.7 Å². The molecule has 3 rings (SSSR count). The Bertz CT molecular complexity index is 839. The van der Waals surface area contributed by atoms with E-state index in [0.29, 0.717) is 50.8 Å². The second kappa shape index (κ2) is 9.07. The summed E-state index contributed by atoms with van der Waals surface area (Å²) in [6.07, 6.45) is -2.42. The summed E-state index contributed by atoms with van der Waals surface area (Å²) in [4.78, 5) is 16.4. The average molecular weight is 438 g/mol. The molecule has 31 heavy (non-hydrogen) atoms. The van der Waals surface area contributed by atoms with E-state index >= 15 is 0 Å². The first kappa shape index (κ1) is 23.4. The van der Waals surface area contributed by atoms with Crippen molar-refractivity contribution < 1.29 is 22.7 Å². The van der Waals surface area contributed by atoms with Gasteiger partial charge in [0.15, 0.2) is 0 Å². The van der Waals surface area contributed by atoms with E-state index in [4.69, 9.17) is 10.00 Å². The largest absolute Gasteiger partial charge is 0.417 e. The number of benzene rings is 1. The Morgan fingerprint density at radius 1 is 1.32 bits per heavy atom. The minimum atomic E-state index is -4.58. The standard InChI is InChI=1S/C23H30F3N3O2/c1-16(2)10-21(30)28-8-6-22(7-9-28)15-29(13-18(22)14-31-3)19-5-4-17(12-27)20(11-19)23(24,25)26/h4-5,11,16,18H,6-10,13-15H2,1-3H3. The highest BCUT2D eigenvalue weighted by molar-refractivity contribution is 5.76. The van der Waals surface area contributed by atoms with Gasteiger partial charge in [0.2, 0.25) is 5.91 Å². The molecule has 0 aliphatic carbocycles. The zero-order chi connectivity index (χ0) is 22.8. The van der Waals surface area contributed by atoms with Crippen molar-refractivity contribution in [2.75, 3.05) is 44.8 Å². The number of rotatable bonds is 5. The van der Waals surface area contributed by atoms with E-state index in [1.54, 1.807) is 19.2 Å². The molecule has 1 aromatic rings. The number of carbonyl (C=O) groups is 1. The lowest BCUT2D eigenvalue weighted by Gasteiger charge is -2.42. The average Bonchev–Trinajstić information content (AvgIpc) is 3.05. The van der Waals surface area contributed by atoms with Gasteiger partial charge in [0, 0.05) is 51.3 Å². The molecule has 0 aromatic heterocycles. The monoisotopic (exact) mass is 437 g/mol. The molecular formula is C23H30F3N3O2. The second-order valence-corrected chi connectivity index (χ2v) is 9.21. The van der Waals surface area contributed by atoms with Gasteiger partial charge in [-0.2, -0.15) is 18.4 Å². The minimum absolute atomic E-state index is 0.100. The molecule has 2 aliphatic heterocycles. The highest BCUT2D eigenvalue weighted by atomic mass is 19.4. The molecule has 8 heteroatoms. The summed E-state index contributed by atoms with van der Waals surface area (Å²) in [7, 11) is 1.64. The van der Waals surface area contributed by atoms with Crippen molar-refractivity contribution in [2.45, 2.75) is 39.3 Å². The fraction of sp³-hybridized carbons (Fsp3) is 0.652. The molecule has 1 unspecified atom stereocenters. The third-order valence-electron chi connectivity index (χ3n) is 6.67. The van der Waals surface area contributed by atoms with Crippen molar-refractivity contribution in [2.24, 2.45) is 17.3 Å². The Kier molecular flexibility index (Phi) is 6.85. The van der Waals surface area contributed by atoms with Gasteiger partial charge in [-0.3, -0.25) is 4.79 Å². The van der Waals surface area contributed by atoms with Crippen molar-refractivity contribution in [3.63, 3.8) is 0 Å². The van der Waals surface area contributed by atoms with Gasteiger partial charge < -0.3 is 14.5 Å². The van der Waals surface area contributed by atoms with Gasteiger partial charge in [0.25, 0.3) is 0 Å². The third kappa shape index (κ3) is 4.98. The summed E-state index contributed by atoms with van der Waals surface area (Å²) in [5.74, 6) is 0.653. The van der Waals surface area contributed by atoms with Gasteiger partial charge in [-0.25, -0.2) is 0 Å². The summed E-state index contributed by atoms with van der Waals surface area (Å²) in [6, 6.07) is 5.57. The van der Waals surface area contributed by atoms with Crippen LogP contribution in [0.2, 0.25) is 0 Å². The van der Waals surface area contributed by atoms with Crippen LogP contribution >= 0.6 is 0 Å². The molecule has 0 radical (unpaired) electrons. The van der Waals surface area contributed by atoms with Gasteiger partial charge in [-0.15, -0.1) is 0 Å². The lowest BCUT2D eigenvalue weighted by atomic mass is 9.71. The molecule has 2 saturated heterocycles. The number of halogens is 3. The Morgan fingerprint density at radius 3 is 2.55 bits per heavy atom. The number of nitrogens with zero attached hydrogens (tertiary/aromatic N) is 3. The fourth-order valence-corrected chi connectivity index (χ4v) is 4.97. The maximum absolute atomic E-state index is 13.4. The number of nitriles is 1. The Hall–Kier alpha value is -2.27. The first-order valence-electron chi connectivity index (χ1n) is 10.7. The molecule has 2 heterocycles. The second-order valence-electron chi connectivity index (χ2n) is 9.21. The number of methoxy groups -OCH3 is 1. The van der Waals surface area contributed by atoms with Crippen LogP contribution in [0.15, 0.2) is 18.2 Å². The Labute approximate surface area is 181 Å². The summed E-state index contributed by atoms with van der Waals surface area (Å²) in [5, 5.41) is 9.06. The van der Waals surface area contributed by atoms with Gasteiger partial charge in [-0.1, -0.05) is 13.8 Å². The summed E-state index contributed by atoms with van der Waals surface area (Å²) >= 11 is 0. The highest BCUT2D eigenvalue weighted by Crippen LogP contribution is 2.47. The van der Waals surface area contributed by atoms with Crippen LogP contribution < -0.4 is 4.90 Å². The number of amides is 1. The number of alkyl halides is 3. The number of hydrogen-bond acceptors (Lipinski definition) is 4. The minimum Gasteiger partial charge on any atom is -0.384 e. The smallest absolute Gasteiger partial charge is 0.384 e. The topological polar surface area (TPSA) is 56.6 Å². The number of anilines is 1. The van der Waals surface area contributed by atoms with E-state index in [9.17, 15) is 18.0 Å². The molecule has 0 N–H and O–H groups in total. The van der Waals surface area contributed by atoms with Gasteiger partial charge >= 0.3 is 6.18 Å². The van der Waals surface area contributed by atoms with Crippen LogP contribution in [0.3, 0.4) is 0 Å². The van der Waals surface area contributed by atoms with Crippen LogP contribution in [-0.4, -0.2) is 50.7 Å². The molecule has 2 aliphatic rings. The van der Waals surface area contributed by atoms with Crippen molar-refractivity contribution in [3.8, 4) is 6.07 Å². The van der Waals surface area contributed by atoms with Gasteiger partial charge in [0.05, 0.1) is 23.8 Å². The van der Waals surface area contributed by atoms with E-state index in [-0.39, 0.29) is 22.8 Å². The number of carbonyl (C=O) groups excluding carboxylic acids is 1. The summed E-state index contributed by atoms with van der Waals surface area (Å²) < 4.78 is 45.7. The molecular weight excluding hydrogens is 407 g/mol. The zero-order valence-electron chi connectivity index (χ0n) is 18.3. The predicted molar refractivity (Wildman–Crippen MR) is 111 cm³/mol. The van der Waals surface area contributed by atoms with Crippen molar-refractivity contribution in [3.05, 3.63) is 29.3 Å². The van der Waals surface area contributed by atoms with Crippen LogP contribution in [0.5, 0.6) is 0 Å². The number of likely N-dealkylation sites (tertiary alicyclic amines) is 1. The van der Waals surface area contributed by atoms with E-state index in [2.05, 4.69) is 0 Å². The van der Waals surface area contributed by atoms with Crippen LogP contribution in [0.1, 0.15) is 44.2 Å². The SMILES string of the molecule is COCC1CN(c2ccc(C#N)c(C(F)(F)F)c2)CC12CCN(C(=O)CC(C)C)CC2. The molecule has 2 fully saturated rings. The molecule has 5 nitrogen and oxygen atoms in total.